The van der Waals surface area contributed by atoms with Crippen molar-refractivity contribution in [2.75, 3.05) is 16.9 Å². The zero-order chi connectivity index (χ0) is 26.3. The van der Waals surface area contributed by atoms with Gasteiger partial charge in [0, 0.05) is 42.0 Å². The van der Waals surface area contributed by atoms with Crippen LogP contribution in [0.3, 0.4) is 0 Å². The summed E-state index contributed by atoms with van der Waals surface area (Å²) in [5, 5.41) is 8.30. The van der Waals surface area contributed by atoms with Crippen molar-refractivity contribution in [1.29, 1.82) is 0 Å². The van der Waals surface area contributed by atoms with Gasteiger partial charge in [0.2, 0.25) is 5.91 Å². The Morgan fingerprint density at radius 3 is 2.16 bits per heavy atom. The fourth-order valence-corrected chi connectivity index (χ4v) is 4.71. The highest BCUT2D eigenvalue weighted by Crippen LogP contribution is 2.28. The maximum Gasteiger partial charge on any atom is 0.319 e. The Balaban J connectivity index is 1.50. The molecule has 0 spiro atoms. The molecule has 37 heavy (non-hydrogen) atoms. The highest BCUT2D eigenvalue weighted by molar-refractivity contribution is 7.90. The lowest BCUT2D eigenvalue weighted by molar-refractivity contribution is -0.117. The normalized spacial score (nSPS) is 11.8. The van der Waals surface area contributed by atoms with E-state index < -0.39 is 27.8 Å². The van der Waals surface area contributed by atoms with Crippen molar-refractivity contribution >= 4 is 33.2 Å². The molecule has 4 rings (SSSR count). The third kappa shape index (κ3) is 7.02. The average molecular weight is 515 g/mol. The van der Waals surface area contributed by atoms with Gasteiger partial charge in [0.1, 0.15) is 6.04 Å². The molecule has 8 nitrogen and oxygen atoms in total. The second-order valence-electron chi connectivity index (χ2n) is 8.42. The van der Waals surface area contributed by atoms with Gasteiger partial charge in [-0.1, -0.05) is 54.6 Å². The third-order valence-corrected chi connectivity index (χ3v) is 6.72. The lowest BCUT2D eigenvalue weighted by Gasteiger charge is -2.19. The van der Waals surface area contributed by atoms with Crippen LogP contribution in [-0.2, 0) is 21.1 Å². The van der Waals surface area contributed by atoms with Gasteiger partial charge in [-0.15, -0.1) is 0 Å². The van der Waals surface area contributed by atoms with E-state index in [-0.39, 0.29) is 11.3 Å². The molecule has 0 aliphatic carbocycles. The molecule has 188 valence electrons. The number of carbonyl (C=O) groups is 2. The predicted octanol–water partition coefficient (Wildman–Crippen LogP) is 4.52. The molecule has 9 heteroatoms. The summed E-state index contributed by atoms with van der Waals surface area (Å²) in [5.74, 6) is -0.406. The number of anilines is 2. The summed E-state index contributed by atoms with van der Waals surface area (Å²) in [4.78, 5) is 30.1. The summed E-state index contributed by atoms with van der Waals surface area (Å²) < 4.78 is 24.3. The number of hydrogen-bond acceptors (Lipinski definition) is 5. The van der Waals surface area contributed by atoms with Crippen LogP contribution in [0.5, 0.6) is 0 Å². The topological polar surface area (TPSA) is 117 Å². The smallest absolute Gasteiger partial charge is 0.319 e. The van der Waals surface area contributed by atoms with Crippen LogP contribution in [0.1, 0.15) is 5.56 Å². The van der Waals surface area contributed by atoms with E-state index in [2.05, 4.69) is 20.9 Å². The largest absolute Gasteiger partial charge is 0.326 e. The van der Waals surface area contributed by atoms with Crippen molar-refractivity contribution in [3.05, 3.63) is 109 Å². The summed E-state index contributed by atoms with van der Waals surface area (Å²) in [6, 6.07) is 24.8. The first kappa shape index (κ1) is 25.6. The van der Waals surface area contributed by atoms with Gasteiger partial charge in [0.05, 0.1) is 4.90 Å². The molecule has 0 aliphatic rings. The number of rotatable bonds is 8. The van der Waals surface area contributed by atoms with Crippen molar-refractivity contribution < 1.29 is 18.0 Å². The Hall–Kier alpha value is -4.50. The summed E-state index contributed by atoms with van der Waals surface area (Å²) in [5.41, 5.74) is 3.18. The van der Waals surface area contributed by atoms with Crippen molar-refractivity contribution in [1.82, 2.24) is 10.3 Å². The number of benzene rings is 3. The van der Waals surface area contributed by atoms with Gasteiger partial charge in [-0.05, 0) is 47.5 Å². The first-order valence-corrected chi connectivity index (χ1v) is 13.4. The molecular weight excluding hydrogens is 488 g/mol. The molecule has 1 unspecified atom stereocenters. The molecule has 0 aliphatic heterocycles. The molecule has 3 aromatic carbocycles. The minimum absolute atomic E-state index is 0.233. The van der Waals surface area contributed by atoms with Crippen molar-refractivity contribution in [3.63, 3.8) is 0 Å². The minimum Gasteiger partial charge on any atom is -0.326 e. The number of para-hydroxylation sites is 1. The highest BCUT2D eigenvalue weighted by Gasteiger charge is 2.22. The Kier molecular flexibility index (Phi) is 7.95. The maximum atomic E-state index is 13.2. The van der Waals surface area contributed by atoms with E-state index in [1.807, 2.05) is 12.1 Å². The fraction of sp³-hybridized carbons (Fsp3) is 0.107. The molecule has 0 radical (unpaired) electrons. The highest BCUT2D eigenvalue weighted by atomic mass is 32.2. The average Bonchev–Trinajstić information content (AvgIpc) is 2.89. The number of carbonyl (C=O) groups excluding carboxylic acids is 2. The Morgan fingerprint density at radius 1 is 0.811 bits per heavy atom. The molecule has 0 saturated carbocycles. The monoisotopic (exact) mass is 514 g/mol. The summed E-state index contributed by atoms with van der Waals surface area (Å²) in [6.07, 6.45) is 4.69. The Bertz CT molecular complexity index is 1480. The van der Waals surface area contributed by atoms with Gasteiger partial charge in [0.25, 0.3) is 0 Å². The quantitative estimate of drug-likeness (QED) is 0.320. The molecule has 0 fully saturated rings. The minimum atomic E-state index is -3.41. The Morgan fingerprint density at radius 2 is 1.49 bits per heavy atom. The summed E-state index contributed by atoms with van der Waals surface area (Å²) >= 11 is 0. The van der Waals surface area contributed by atoms with Gasteiger partial charge < -0.3 is 16.0 Å². The van der Waals surface area contributed by atoms with E-state index in [0.29, 0.717) is 22.5 Å². The molecule has 0 bridgehead atoms. The molecular formula is C28H26N4O4S. The van der Waals surface area contributed by atoms with E-state index in [9.17, 15) is 18.0 Å². The van der Waals surface area contributed by atoms with E-state index in [1.54, 1.807) is 91.3 Å². The predicted molar refractivity (Wildman–Crippen MR) is 144 cm³/mol. The Labute approximate surface area is 215 Å². The first-order chi connectivity index (χ1) is 17.8. The van der Waals surface area contributed by atoms with Crippen LogP contribution in [0, 0.1) is 0 Å². The molecule has 3 N–H and O–H groups in total. The SMILES string of the molecule is CS(=O)(=O)c1ccccc1-c1ccc(NC(=O)C(Cc2cccnc2)NC(=O)Nc2ccccc2)cc1. The summed E-state index contributed by atoms with van der Waals surface area (Å²) in [6.45, 7) is 0. The number of nitrogens with one attached hydrogen (secondary N) is 3. The standard InChI is InChI=1S/C28H26N4O4S/c1-37(35,36)26-12-6-5-11-24(26)21-13-15-23(16-14-21)30-27(33)25(18-20-8-7-17-29-19-20)32-28(34)31-22-9-3-2-4-10-22/h2-17,19,25H,18H2,1H3,(H,30,33)(H2,31,32,34). The van der Waals surface area contributed by atoms with Gasteiger partial charge in [-0.2, -0.15) is 0 Å². The summed E-state index contributed by atoms with van der Waals surface area (Å²) in [7, 11) is -3.41. The first-order valence-electron chi connectivity index (χ1n) is 11.5. The second-order valence-corrected chi connectivity index (χ2v) is 10.4. The van der Waals surface area contributed by atoms with Crippen molar-refractivity contribution in [2.24, 2.45) is 0 Å². The molecule has 1 heterocycles. The fourth-order valence-electron chi connectivity index (χ4n) is 3.80. The zero-order valence-electron chi connectivity index (χ0n) is 20.1. The maximum absolute atomic E-state index is 13.2. The van der Waals surface area contributed by atoms with Gasteiger partial charge in [-0.3, -0.25) is 9.78 Å². The van der Waals surface area contributed by atoms with Crippen LogP contribution in [-0.4, -0.2) is 37.6 Å². The van der Waals surface area contributed by atoms with Crippen LogP contribution in [0.25, 0.3) is 11.1 Å². The lowest BCUT2D eigenvalue weighted by Crippen LogP contribution is -2.46. The number of aromatic nitrogens is 1. The van der Waals surface area contributed by atoms with Crippen molar-refractivity contribution in [3.8, 4) is 11.1 Å². The molecule has 1 atom stereocenters. The molecule has 1 aromatic heterocycles. The number of urea groups is 1. The van der Waals surface area contributed by atoms with Crippen LogP contribution in [0.2, 0.25) is 0 Å². The van der Waals surface area contributed by atoms with Crippen LogP contribution in [0.4, 0.5) is 16.2 Å². The van der Waals surface area contributed by atoms with Crippen molar-refractivity contribution in [2.45, 2.75) is 17.4 Å². The van der Waals surface area contributed by atoms with E-state index in [1.165, 1.54) is 6.26 Å². The number of pyridine rings is 1. The molecule has 3 amide bonds. The molecule has 4 aromatic rings. The number of sulfone groups is 1. The lowest BCUT2D eigenvalue weighted by atomic mass is 10.0. The third-order valence-electron chi connectivity index (χ3n) is 5.57. The van der Waals surface area contributed by atoms with E-state index in [4.69, 9.17) is 0 Å². The van der Waals surface area contributed by atoms with Gasteiger partial charge in [-0.25, -0.2) is 13.2 Å². The van der Waals surface area contributed by atoms with Gasteiger partial charge in [0.15, 0.2) is 9.84 Å². The zero-order valence-corrected chi connectivity index (χ0v) is 20.9. The number of nitrogens with zero attached hydrogens (tertiary/aromatic N) is 1. The van der Waals surface area contributed by atoms with E-state index in [0.717, 1.165) is 5.56 Å². The second kappa shape index (κ2) is 11.5. The van der Waals surface area contributed by atoms with Crippen LogP contribution >= 0.6 is 0 Å². The number of amides is 3. The van der Waals surface area contributed by atoms with Crippen LogP contribution < -0.4 is 16.0 Å². The van der Waals surface area contributed by atoms with Crippen LogP contribution in [0.15, 0.2) is 108 Å². The van der Waals surface area contributed by atoms with Gasteiger partial charge >= 0.3 is 6.03 Å². The number of hydrogen-bond donors (Lipinski definition) is 3. The molecule has 0 saturated heterocycles. The van der Waals surface area contributed by atoms with E-state index >= 15 is 0 Å².